The molecule has 5 N–H and O–H groups in total. The van der Waals surface area contributed by atoms with Crippen molar-refractivity contribution in [2.45, 2.75) is 92.9 Å². The van der Waals surface area contributed by atoms with E-state index in [9.17, 15) is 23.8 Å². The number of nitrogens with one attached hydrogen (secondary N) is 3. The number of carbonyl (C=O) groups excluding carboxylic acids is 1. The van der Waals surface area contributed by atoms with Crippen molar-refractivity contribution >= 4 is 19.8 Å². The van der Waals surface area contributed by atoms with E-state index in [4.69, 9.17) is 14.4 Å². The number of ether oxygens (including phenoxy) is 1. The third-order valence-electron chi connectivity index (χ3n) is 5.55. The summed E-state index contributed by atoms with van der Waals surface area (Å²) < 4.78 is 27.8. The minimum absolute atomic E-state index is 0.0938. The number of aromatic amines is 1. The average molecular weight is 625 g/mol. The molecule has 13 nitrogen and oxygen atoms in total. The largest absolute Gasteiger partial charge is 0.472 e. The fraction of sp³-hybridized carbons (Fsp3) is 0.750. The molecular weight excluding hydrogens is 567 g/mol. The summed E-state index contributed by atoms with van der Waals surface area (Å²) in [5.74, 6) is -0.425. The van der Waals surface area contributed by atoms with Crippen LogP contribution in [-0.2, 0) is 23.1 Å². The van der Waals surface area contributed by atoms with Crippen LogP contribution in [0.15, 0.2) is 21.9 Å². The molecule has 4 unspecified atom stereocenters. The van der Waals surface area contributed by atoms with Crippen LogP contribution in [0.5, 0.6) is 0 Å². The van der Waals surface area contributed by atoms with Gasteiger partial charge in [0, 0.05) is 33.0 Å². The minimum atomic E-state index is -4.15. The van der Waals surface area contributed by atoms with Crippen molar-refractivity contribution in [3.05, 3.63) is 38.7 Å². The molecule has 2 rings (SSSR count). The Labute approximate surface area is 251 Å². The van der Waals surface area contributed by atoms with Gasteiger partial charge in [0.15, 0.2) is 0 Å². The van der Waals surface area contributed by atoms with Crippen LogP contribution in [0.3, 0.4) is 0 Å². The van der Waals surface area contributed by atoms with Crippen LogP contribution in [0.1, 0.15) is 92.4 Å². The predicted molar refractivity (Wildman–Crippen MR) is 168 cm³/mol. The van der Waals surface area contributed by atoms with Crippen molar-refractivity contribution < 1.29 is 33.1 Å². The number of aromatic nitrogens is 2. The summed E-state index contributed by atoms with van der Waals surface area (Å²) in [7, 11) is -0.175. The highest BCUT2D eigenvalue weighted by atomic mass is 31.2. The van der Waals surface area contributed by atoms with Gasteiger partial charge in [-0.2, -0.15) is 0 Å². The van der Waals surface area contributed by atoms with E-state index >= 15 is 0 Å². The van der Waals surface area contributed by atoms with Crippen molar-refractivity contribution in [2.24, 2.45) is 5.92 Å². The Kier molecular flexibility index (Phi) is 29.2. The number of aliphatic hydroxyl groups is 1. The monoisotopic (exact) mass is 624 g/mol. The molecule has 0 bridgehead atoms. The van der Waals surface area contributed by atoms with Gasteiger partial charge in [-0.05, 0) is 44.8 Å². The fourth-order valence-electron chi connectivity index (χ4n) is 3.51. The number of unbranched alkanes of at least 4 members (excludes halogenated alkanes) is 3. The lowest BCUT2D eigenvalue weighted by Crippen LogP contribution is -2.33. The number of amides is 1. The molecule has 14 heteroatoms. The van der Waals surface area contributed by atoms with Gasteiger partial charge in [-0.25, -0.2) is 9.36 Å². The molecule has 0 aromatic carbocycles. The zero-order chi connectivity index (χ0) is 33.1. The molecule has 4 atom stereocenters. The molecule has 0 saturated carbocycles. The van der Waals surface area contributed by atoms with Crippen LogP contribution in [0.25, 0.3) is 6.08 Å². The topological polar surface area (TPSA) is 181 Å². The van der Waals surface area contributed by atoms with Crippen LogP contribution < -0.4 is 21.9 Å². The molecule has 248 valence electrons. The molecule has 0 spiro atoms. The predicted octanol–water partition coefficient (Wildman–Crippen LogP) is 3.82. The van der Waals surface area contributed by atoms with E-state index in [2.05, 4.69) is 20.1 Å². The summed E-state index contributed by atoms with van der Waals surface area (Å²) >= 11 is 0. The van der Waals surface area contributed by atoms with Gasteiger partial charge >= 0.3 is 13.5 Å². The molecule has 1 aromatic rings. The molecule has 1 fully saturated rings. The van der Waals surface area contributed by atoms with Gasteiger partial charge in [-0.15, -0.1) is 0 Å². The first kappa shape index (κ1) is 44.3. The van der Waals surface area contributed by atoms with Crippen molar-refractivity contribution in [2.75, 3.05) is 41.0 Å². The second-order valence-electron chi connectivity index (χ2n) is 8.18. The van der Waals surface area contributed by atoms with E-state index in [0.717, 1.165) is 46.4 Å². The number of H-pyrrole nitrogens is 1. The Morgan fingerprint density at radius 1 is 1.12 bits per heavy atom. The molecule has 0 aliphatic carbocycles. The highest BCUT2D eigenvalue weighted by molar-refractivity contribution is 7.47. The molecule has 42 heavy (non-hydrogen) atoms. The zero-order valence-corrected chi connectivity index (χ0v) is 28.2. The maximum Gasteiger partial charge on any atom is 0.472 e. The van der Waals surface area contributed by atoms with Crippen molar-refractivity contribution in [1.29, 1.82) is 0 Å². The number of aliphatic hydroxyl groups excluding tert-OH is 1. The molecule has 2 heterocycles. The molecule has 1 aromatic heterocycles. The van der Waals surface area contributed by atoms with Crippen LogP contribution in [0.4, 0.5) is 0 Å². The summed E-state index contributed by atoms with van der Waals surface area (Å²) in [6.07, 6.45) is 7.14. The molecule has 0 radical (unpaired) electrons. The Morgan fingerprint density at radius 2 is 1.69 bits per heavy atom. The third-order valence-corrected chi connectivity index (χ3v) is 6.48. The maximum absolute atomic E-state index is 12.3. The van der Waals surface area contributed by atoms with Gasteiger partial charge in [0.2, 0.25) is 5.91 Å². The lowest BCUT2D eigenvalue weighted by atomic mass is 10.0. The van der Waals surface area contributed by atoms with Gasteiger partial charge in [0.05, 0.1) is 18.3 Å². The SMILES string of the molecule is CC.CC.CC.CNCCCCCCNC(=O)/C=C/c1cn(C2CC(C)C(COP(=O)(O)OC)O2)c(=O)[nH]c1=O.CO. The van der Waals surface area contributed by atoms with Gasteiger partial charge in [-0.3, -0.25) is 28.2 Å². The number of hydrogen-bond donors (Lipinski definition) is 5. The van der Waals surface area contributed by atoms with E-state index in [1.165, 1.54) is 22.9 Å². The maximum atomic E-state index is 12.3. The smallest absolute Gasteiger partial charge is 0.400 e. The lowest BCUT2D eigenvalue weighted by molar-refractivity contribution is -0.116. The first-order valence-electron chi connectivity index (χ1n) is 14.8. The summed E-state index contributed by atoms with van der Waals surface area (Å²) in [5.41, 5.74) is -1.16. The van der Waals surface area contributed by atoms with E-state index in [1.54, 1.807) is 0 Å². The number of nitrogens with zero attached hydrogens (tertiary/aromatic N) is 1. The summed E-state index contributed by atoms with van der Waals surface area (Å²) in [4.78, 5) is 48.2. The Bertz CT molecular complexity index is 998. The normalized spacial score (nSPS) is 18.5. The minimum Gasteiger partial charge on any atom is -0.400 e. The van der Waals surface area contributed by atoms with Gasteiger partial charge in [0.25, 0.3) is 5.56 Å². The number of rotatable bonds is 14. The van der Waals surface area contributed by atoms with Gasteiger partial charge in [0.1, 0.15) is 6.23 Å². The zero-order valence-electron chi connectivity index (χ0n) is 27.3. The Balaban J connectivity index is -0.00000175. The summed E-state index contributed by atoms with van der Waals surface area (Å²) in [6, 6.07) is 0. The number of carbonyl (C=O) groups is 1. The molecule has 1 amide bonds. The molecular formula is C28H57N4O9P. The van der Waals surface area contributed by atoms with Gasteiger partial charge < -0.3 is 25.4 Å². The molecule has 1 saturated heterocycles. The van der Waals surface area contributed by atoms with Crippen molar-refractivity contribution in [1.82, 2.24) is 20.2 Å². The highest BCUT2D eigenvalue weighted by Gasteiger charge is 2.36. The summed E-state index contributed by atoms with van der Waals surface area (Å²) in [6.45, 7) is 15.2. The lowest BCUT2D eigenvalue weighted by Gasteiger charge is -2.18. The van der Waals surface area contributed by atoms with E-state index in [-0.39, 0.29) is 24.0 Å². The highest BCUT2D eigenvalue weighted by Crippen LogP contribution is 2.43. The number of phosphoric acid groups is 1. The molecule has 1 aliphatic heterocycles. The van der Waals surface area contributed by atoms with Crippen LogP contribution in [0, 0.1) is 5.92 Å². The Morgan fingerprint density at radius 3 is 2.24 bits per heavy atom. The average Bonchev–Trinajstić information content (AvgIpc) is 3.39. The first-order chi connectivity index (χ1) is 20.2. The fourth-order valence-corrected chi connectivity index (χ4v) is 3.95. The van der Waals surface area contributed by atoms with E-state index in [1.807, 2.05) is 55.5 Å². The van der Waals surface area contributed by atoms with Crippen molar-refractivity contribution in [3.63, 3.8) is 0 Å². The third kappa shape index (κ3) is 18.4. The van der Waals surface area contributed by atoms with Crippen LogP contribution in [-0.4, -0.2) is 72.5 Å². The quantitative estimate of drug-likeness (QED) is 0.116. The number of hydrogen-bond acceptors (Lipinski definition) is 9. The van der Waals surface area contributed by atoms with Crippen LogP contribution >= 0.6 is 7.82 Å². The first-order valence-corrected chi connectivity index (χ1v) is 16.3. The standard InChI is InChI=1S/C21H35N4O8P.3C2H6.CH4O/c1-15-12-19(33-17(15)14-32-34(29,30)31-3)25-13-16(20(27)24-21(25)28)8-9-18(26)23-11-7-5-4-6-10-22-2;4*1-2/h8-9,13,15,17,19,22H,4-7,10-12,14H2,1-3H3,(H,23,26)(H,29,30)(H,24,27,28);3*1-2H3;2H,1H3/b9-8+;;;;. The second-order valence-corrected chi connectivity index (χ2v) is 9.74. The Hall–Kier alpha value is -2.12. The number of phosphoric ester groups is 1. The van der Waals surface area contributed by atoms with Crippen molar-refractivity contribution in [3.8, 4) is 0 Å². The second kappa shape index (κ2) is 27.7. The van der Waals surface area contributed by atoms with Crippen LogP contribution in [0.2, 0.25) is 0 Å². The van der Waals surface area contributed by atoms with E-state index in [0.29, 0.717) is 13.0 Å². The molecule has 1 aliphatic rings. The summed E-state index contributed by atoms with van der Waals surface area (Å²) in [5, 5.41) is 12.9. The van der Waals surface area contributed by atoms with Gasteiger partial charge in [-0.1, -0.05) is 61.3 Å². The van der Waals surface area contributed by atoms with E-state index < -0.39 is 31.4 Å².